The molecule has 1 spiro atoms. The van der Waals surface area contributed by atoms with Gasteiger partial charge in [-0.1, -0.05) is 0 Å². The molecule has 4 aliphatic rings. The zero-order valence-electron chi connectivity index (χ0n) is 15.1. The van der Waals surface area contributed by atoms with E-state index in [0.717, 1.165) is 24.3 Å². The lowest BCUT2D eigenvalue weighted by Crippen LogP contribution is -2.51. The number of hydrogen-bond donors (Lipinski definition) is 2. The maximum Gasteiger partial charge on any atom is 0.255 e. The van der Waals surface area contributed by atoms with Crippen molar-refractivity contribution >= 4 is 5.91 Å². The molecule has 0 unspecified atom stereocenters. The van der Waals surface area contributed by atoms with E-state index in [-0.39, 0.29) is 23.3 Å². The number of phenols is 1. The van der Waals surface area contributed by atoms with E-state index < -0.39 is 0 Å². The molecule has 134 valence electrons. The largest absolute Gasteiger partial charge is 0.508 e. The van der Waals surface area contributed by atoms with Gasteiger partial charge in [0.1, 0.15) is 17.1 Å². The molecule has 1 aromatic carbocycles. The molecule has 5 rings (SSSR count). The Morgan fingerprint density at radius 1 is 1.32 bits per heavy atom. The molecule has 0 aromatic heterocycles. The Morgan fingerprint density at radius 2 is 2.12 bits per heavy atom. The molecule has 2 N–H and O–H groups in total. The molecular formula is C20H26N2O3. The van der Waals surface area contributed by atoms with Crippen LogP contribution in [-0.2, 0) is 6.42 Å². The summed E-state index contributed by atoms with van der Waals surface area (Å²) in [5, 5.41) is 13.3. The molecule has 5 nitrogen and oxygen atoms in total. The number of aromatic hydroxyl groups is 1. The van der Waals surface area contributed by atoms with E-state index >= 15 is 0 Å². The molecule has 3 aliphatic heterocycles. The minimum Gasteiger partial charge on any atom is -0.508 e. The maximum atomic E-state index is 13.0. The van der Waals surface area contributed by atoms with Gasteiger partial charge in [0.05, 0.1) is 5.56 Å². The molecule has 4 atom stereocenters. The van der Waals surface area contributed by atoms with Crippen molar-refractivity contribution in [1.82, 2.24) is 10.2 Å². The van der Waals surface area contributed by atoms with Crippen molar-refractivity contribution in [2.24, 2.45) is 5.92 Å². The molecule has 3 fully saturated rings. The Kier molecular flexibility index (Phi) is 2.91. The highest BCUT2D eigenvalue weighted by Crippen LogP contribution is 2.63. The van der Waals surface area contributed by atoms with Crippen LogP contribution in [0, 0.1) is 5.92 Å². The van der Waals surface area contributed by atoms with Crippen molar-refractivity contribution in [3.05, 3.63) is 23.3 Å². The van der Waals surface area contributed by atoms with Crippen LogP contribution in [0.1, 0.15) is 55.5 Å². The van der Waals surface area contributed by atoms with Crippen molar-refractivity contribution in [1.29, 1.82) is 0 Å². The number of nitrogens with zero attached hydrogens (tertiary/aromatic N) is 1. The summed E-state index contributed by atoms with van der Waals surface area (Å²) in [4.78, 5) is 15.5. The number of nitrogens with one attached hydrogen (secondary N) is 1. The van der Waals surface area contributed by atoms with Crippen LogP contribution >= 0.6 is 0 Å². The number of benzene rings is 1. The first-order chi connectivity index (χ1) is 11.8. The molecule has 1 saturated carbocycles. The summed E-state index contributed by atoms with van der Waals surface area (Å²) in [5.41, 5.74) is 1.40. The van der Waals surface area contributed by atoms with Gasteiger partial charge in [-0.3, -0.25) is 9.69 Å². The molecule has 3 heterocycles. The van der Waals surface area contributed by atoms with Crippen LogP contribution in [0.3, 0.4) is 0 Å². The third-order valence-electron chi connectivity index (χ3n) is 6.89. The highest BCUT2D eigenvalue weighted by molar-refractivity contribution is 5.98. The van der Waals surface area contributed by atoms with E-state index in [0.29, 0.717) is 29.3 Å². The summed E-state index contributed by atoms with van der Waals surface area (Å²) in [5.74, 6) is 1.49. The highest BCUT2D eigenvalue weighted by atomic mass is 16.5. The van der Waals surface area contributed by atoms with Crippen LogP contribution < -0.4 is 10.1 Å². The predicted molar refractivity (Wildman–Crippen MR) is 94.0 cm³/mol. The fraction of sp³-hybridized carbons (Fsp3) is 0.650. The van der Waals surface area contributed by atoms with Crippen molar-refractivity contribution in [3.63, 3.8) is 0 Å². The van der Waals surface area contributed by atoms with Gasteiger partial charge in [-0.25, -0.2) is 0 Å². The number of amides is 1. The van der Waals surface area contributed by atoms with E-state index in [9.17, 15) is 9.90 Å². The smallest absolute Gasteiger partial charge is 0.255 e. The number of carbonyl (C=O) groups excluding carboxylic acids is 1. The standard InChI is InChI=1S/C20H26N2O3/c1-19(2)8-11-4-15(23)7-16(17(11)25-19)18(24)21-13-6-14-5-12-9-20(12,10-13)22(14)3/h4,7,12-14,23H,5-6,8-10H2,1-3H3,(H,21,24)/t12-,13-,14-,20-/m1/s1. The molecule has 2 saturated heterocycles. The summed E-state index contributed by atoms with van der Waals surface area (Å²) in [7, 11) is 2.24. The van der Waals surface area contributed by atoms with Gasteiger partial charge in [0.15, 0.2) is 0 Å². The first kappa shape index (κ1) is 15.5. The van der Waals surface area contributed by atoms with Crippen LogP contribution in [0.15, 0.2) is 12.1 Å². The van der Waals surface area contributed by atoms with E-state index in [1.54, 1.807) is 6.07 Å². The molecular weight excluding hydrogens is 316 g/mol. The van der Waals surface area contributed by atoms with Crippen molar-refractivity contribution in [3.8, 4) is 11.5 Å². The first-order valence-electron chi connectivity index (χ1n) is 9.36. The normalized spacial score (nSPS) is 37.2. The number of fused-ring (bicyclic) bond motifs is 2. The second-order valence-electron chi connectivity index (χ2n) is 9.14. The number of hydrogen-bond acceptors (Lipinski definition) is 4. The van der Waals surface area contributed by atoms with Crippen LogP contribution in [0.25, 0.3) is 0 Å². The number of piperidine rings is 2. The van der Waals surface area contributed by atoms with E-state index in [2.05, 4.69) is 17.3 Å². The fourth-order valence-electron chi connectivity index (χ4n) is 5.68. The lowest BCUT2D eigenvalue weighted by atomic mass is 9.93. The Hall–Kier alpha value is -1.75. The average Bonchev–Trinajstić information content (AvgIpc) is 3.03. The molecule has 0 radical (unpaired) electrons. The Labute approximate surface area is 148 Å². The Morgan fingerprint density at radius 3 is 2.88 bits per heavy atom. The molecule has 2 bridgehead atoms. The van der Waals surface area contributed by atoms with E-state index in [1.165, 1.54) is 18.9 Å². The number of phenolic OH excluding ortho intramolecular Hbond substituents is 1. The van der Waals surface area contributed by atoms with Gasteiger partial charge in [0, 0.05) is 29.6 Å². The molecule has 1 aromatic rings. The van der Waals surface area contributed by atoms with Gasteiger partial charge in [0.25, 0.3) is 5.91 Å². The monoisotopic (exact) mass is 342 g/mol. The number of carbonyl (C=O) groups is 1. The first-order valence-corrected chi connectivity index (χ1v) is 9.36. The quantitative estimate of drug-likeness (QED) is 0.867. The van der Waals surface area contributed by atoms with Crippen molar-refractivity contribution in [2.45, 2.75) is 69.2 Å². The second-order valence-corrected chi connectivity index (χ2v) is 9.14. The molecule has 1 amide bonds. The topological polar surface area (TPSA) is 61.8 Å². The van der Waals surface area contributed by atoms with E-state index in [4.69, 9.17) is 4.74 Å². The predicted octanol–water partition coefficient (Wildman–Crippen LogP) is 2.46. The van der Waals surface area contributed by atoms with Crippen LogP contribution in [0.2, 0.25) is 0 Å². The molecule has 25 heavy (non-hydrogen) atoms. The average molecular weight is 342 g/mol. The third-order valence-corrected chi connectivity index (χ3v) is 6.89. The summed E-state index contributed by atoms with van der Waals surface area (Å²) in [6.45, 7) is 4.01. The molecule has 1 aliphatic carbocycles. The SMILES string of the molecule is CN1[C@H]2C[C@@H](NC(=O)c3cc(O)cc4c3OC(C)(C)C4)C[C@@]13C[C@H]3C2. The molecule has 5 heteroatoms. The van der Waals surface area contributed by atoms with Gasteiger partial charge < -0.3 is 15.2 Å². The Balaban J connectivity index is 1.38. The summed E-state index contributed by atoms with van der Waals surface area (Å²) < 4.78 is 6.01. The van der Waals surface area contributed by atoms with E-state index in [1.807, 2.05) is 13.8 Å². The van der Waals surface area contributed by atoms with Crippen molar-refractivity contribution < 1.29 is 14.6 Å². The lowest BCUT2D eigenvalue weighted by Gasteiger charge is -2.40. The highest BCUT2D eigenvalue weighted by Gasteiger charge is 2.66. The zero-order chi connectivity index (χ0) is 17.6. The van der Waals surface area contributed by atoms with Crippen LogP contribution in [0.4, 0.5) is 0 Å². The number of rotatable bonds is 2. The summed E-state index contributed by atoms with van der Waals surface area (Å²) in [6, 6.07) is 4.07. The van der Waals surface area contributed by atoms with Crippen molar-refractivity contribution in [2.75, 3.05) is 7.05 Å². The second kappa shape index (κ2) is 4.70. The summed E-state index contributed by atoms with van der Waals surface area (Å²) in [6.07, 6.45) is 5.34. The Bertz CT molecular complexity index is 774. The minimum atomic E-state index is -0.335. The van der Waals surface area contributed by atoms with Gasteiger partial charge in [-0.05, 0) is 64.6 Å². The number of ether oxygens (including phenoxy) is 1. The minimum absolute atomic E-state index is 0.118. The summed E-state index contributed by atoms with van der Waals surface area (Å²) >= 11 is 0. The maximum absolute atomic E-state index is 13.0. The van der Waals surface area contributed by atoms with Crippen LogP contribution in [-0.4, -0.2) is 46.2 Å². The third kappa shape index (κ3) is 2.21. The lowest BCUT2D eigenvalue weighted by molar-refractivity contribution is 0.0811. The van der Waals surface area contributed by atoms with Crippen LogP contribution in [0.5, 0.6) is 11.5 Å². The van der Waals surface area contributed by atoms with Gasteiger partial charge >= 0.3 is 0 Å². The van der Waals surface area contributed by atoms with Gasteiger partial charge in [0.2, 0.25) is 0 Å². The van der Waals surface area contributed by atoms with Gasteiger partial charge in [-0.15, -0.1) is 0 Å². The fourth-order valence-corrected chi connectivity index (χ4v) is 5.68. The zero-order valence-corrected chi connectivity index (χ0v) is 15.1. The van der Waals surface area contributed by atoms with Gasteiger partial charge in [-0.2, -0.15) is 0 Å².